The van der Waals surface area contributed by atoms with Crippen LogP contribution in [0, 0.1) is 0 Å². The van der Waals surface area contributed by atoms with Crippen molar-refractivity contribution in [1.29, 1.82) is 0 Å². The van der Waals surface area contributed by atoms with Gasteiger partial charge in [-0.2, -0.15) is 0 Å². The number of hydrogen-bond acceptors (Lipinski definition) is 3. The minimum absolute atomic E-state index is 0.210. The summed E-state index contributed by atoms with van der Waals surface area (Å²) >= 11 is 0. The van der Waals surface area contributed by atoms with Crippen LogP contribution < -0.4 is 0 Å². The van der Waals surface area contributed by atoms with Gasteiger partial charge in [-0.3, -0.25) is 4.79 Å². The van der Waals surface area contributed by atoms with E-state index in [9.17, 15) is 9.90 Å². The Bertz CT molecular complexity index is 654. The van der Waals surface area contributed by atoms with Gasteiger partial charge in [0.15, 0.2) is 0 Å². The monoisotopic (exact) mass is 312 g/mol. The summed E-state index contributed by atoms with van der Waals surface area (Å²) in [5, 5.41) is 9.54. The van der Waals surface area contributed by atoms with Crippen molar-refractivity contribution in [2.24, 2.45) is 0 Å². The SMILES string of the molecule is CC(C)(C)OC(=O)CC(C)(c1ccccc1)c1ccc(O)cc1. The van der Waals surface area contributed by atoms with Gasteiger partial charge in [0.25, 0.3) is 0 Å². The fourth-order valence-electron chi connectivity index (χ4n) is 2.67. The van der Waals surface area contributed by atoms with E-state index in [0.717, 1.165) is 11.1 Å². The average molecular weight is 312 g/mol. The van der Waals surface area contributed by atoms with Gasteiger partial charge in [0.1, 0.15) is 11.4 Å². The third kappa shape index (κ3) is 4.35. The molecule has 23 heavy (non-hydrogen) atoms. The first kappa shape index (κ1) is 17.1. The molecule has 0 saturated carbocycles. The molecule has 122 valence electrons. The number of carbonyl (C=O) groups is 1. The zero-order chi connectivity index (χ0) is 17.1. The second-order valence-corrected chi connectivity index (χ2v) is 7.01. The normalized spacial score (nSPS) is 14.1. The van der Waals surface area contributed by atoms with Gasteiger partial charge >= 0.3 is 5.97 Å². The number of aromatic hydroxyl groups is 1. The fraction of sp³-hybridized carbons (Fsp3) is 0.350. The summed E-state index contributed by atoms with van der Waals surface area (Å²) < 4.78 is 5.51. The van der Waals surface area contributed by atoms with E-state index >= 15 is 0 Å². The lowest BCUT2D eigenvalue weighted by molar-refractivity contribution is -0.155. The van der Waals surface area contributed by atoms with Crippen LogP contribution in [0.25, 0.3) is 0 Å². The van der Waals surface area contributed by atoms with Crippen molar-refractivity contribution in [2.45, 2.75) is 45.1 Å². The molecule has 0 spiro atoms. The molecule has 1 atom stereocenters. The summed E-state index contributed by atoms with van der Waals surface area (Å²) in [5.41, 5.74) is 0.977. The van der Waals surface area contributed by atoms with Crippen LogP contribution in [0.15, 0.2) is 54.6 Å². The maximum atomic E-state index is 12.4. The van der Waals surface area contributed by atoms with Gasteiger partial charge in [-0.05, 0) is 44.0 Å². The Kier molecular flexibility index (Phi) is 4.79. The Balaban J connectivity index is 2.40. The Morgan fingerprint density at radius 3 is 1.96 bits per heavy atom. The van der Waals surface area contributed by atoms with Gasteiger partial charge in [-0.25, -0.2) is 0 Å². The highest BCUT2D eigenvalue weighted by atomic mass is 16.6. The number of carbonyl (C=O) groups excluding carboxylic acids is 1. The number of esters is 1. The number of ether oxygens (including phenoxy) is 1. The highest BCUT2D eigenvalue weighted by Gasteiger charge is 2.33. The Morgan fingerprint density at radius 2 is 1.43 bits per heavy atom. The molecule has 0 aromatic heterocycles. The van der Waals surface area contributed by atoms with Crippen molar-refractivity contribution >= 4 is 5.97 Å². The first-order valence-electron chi connectivity index (χ1n) is 7.78. The van der Waals surface area contributed by atoms with Gasteiger partial charge in [-0.15, -0.1) is 0 Å². The third-order valence-corrected chi connectivity index (χ3v) is 3.83. The molecule has 0 bridgehead atoms. The van der Waals surface area contributed by atoms with Crippen LogP contribution in [0.1, 0.15) is 45.2 Å². The molecule has 0 aliphatic rings. The summed E-state index contributed by atoms with van der Waals surface area (Å²) in [4.78, 5) is 12.4. The molecule has 0 fully saturated rings. The second kappa shape index (κ2) is 6.45. The van der Waals surface area contributed by atoms with Crippen LogP contribution in [-0.2, 0) is 14.9 Å². The second-order valence-electron chi connectivity index (χ2n) is 7.01. The summed E-state index contributed by atoms with van der Waals surface area (Å²) in [6.07, 6.45) is 0.235. The van der Waals surface area contributed by atoms with Crippen LogP contribution in [0.3, 0.4) is 0 Å². The smallest absolute Gasteiger partial charge is 0.307 e. The van der Waals surface area contributed by atoms with Crippen LogP contribution >= 0.6 is 0 Å². The summed E-state index contributed by atoms with van der Waals surface area (Å²) in [6.45, 7) is 7.63. The minimum atomic E-state index is -0.517. The molecule has 0 heterocycles. The van der Waals surface area contributed by atoms with E-state index in [-0.39, 0.29) is 18.1 Å². The molecule has 3 heteroatoms. The van der Waals surface area contributed by atoms with Crippen molar-refractivity contribution in [3.63, 3.8) is 0 Å². The topological polar surface area (TPSA) is 46.5 Å². The van der Waals surface area contributed by atoms with Gasteiger partial charge < -0.3 is 9.84 Å². The highest BCUT2D eigenvalue weighted by molar-refractivity contribution is 5.73. The van der Waals surface area contributed by atoms with Crippen molar-refractivity contribution < 1.29 is 14.6 Å². The first-order valence-corrected chi connectivity index (χ1v) is 7.78. The van der Waals surface area contributed by atoms with Crippen LogP contribution in [-0.4, -0.2) is 16.7 Å². The largest absolute Gasteiger partial charge is 0.508 e. The zero-order valence-corrected chi connectivity index (χ0v) is 14.2. The van der Waals surface area contributed by atoms with Gasteiger partial charge in [-0.1, -0.05) is 49.4 Å². The number of hydrogen-bond donors (Lipinski definition) is 1. The molecule has 2 rings (SSSR count). The van der Waals surface area contributed by atoms with Crippen LogP contribution in [0.5, 0.6) is 5.75 Å². The summed E-state index contributed by atoms with van der Waals surface area (Å²) in [7, 11) is 0. The van der Waals surface area contributed by atoms with E-state index < -0.39 is 11.0 Å². The first-order chi connectivity index (χ1) is 10.7. The van der Waals surface area contributed by atoms with E-state index in [0.29, 0.717) is 0 Å². The number of phenolic OH excluding ortho intramolecular Hbond substituents is 1. The van der Waals surface area contributed by atoms with Crippen molar-refractivity contribution in [3.05, 3.63) is 65.7 Å². The molecule has 0 amide bonds. The number of phenols is 1. The van der Waals surface area contributed by atoms with E-state index in [2.05, 4.69) is 0 Å². The lowest BCUT2D eigenvalue weighted by atomic mass is 9.74. The maximum Gasteiger partial charge on any atom is 0.307 e. The highest BCUT2D eigenvalue weighted by Crippen LogP contribution is 2.36. The van der Waals surface area contributed by atoms with Gasteiger partial charge in [0.05, 0.1) is 6.42 Å². The molecule has 1 N–H and O–H groups in total. The Morgan fingerprint density at radius 1 is 0.913 bits per heavy atom. The molecule has 3 nitrogen and oxygen atoms in total. The molecule has 0 saturated heterocycles. The third-order valence-electron chi connectivity index (χ3n) is 3.83. The lowest BCUT2D eigenvalue weighted by Gasteiger charge is -2.31. The maximum absolute atomic E-state index is 12.4. The average Bonchev–Trinajstić information content (AvgIpc) is 2.46. The molecular weight excluding hydrogens is 288 g/mol. The van der Waals surface area contributed by atoms with Crippen LogP contribution in [0.2, 0.25) is 0 Å². The molecule has 2 aromatic rings. The zero-order valence-electron chi connectivity index (χ0n) is 14.2. The summed E-state index contributed by atoms with van der Waals surface area (Å²) in [5.74, 6) is -0.0293. The predicted molar refractivity (Wildman–Crippen MR) is 91.5 cm³/mol. The number of benzene rings is 2. The Labute approximate surface area is 137 Å². The van der Waals surface area contributed by atoms with Crippen molar-refractivity contribution in [3.8, 4) is 5.75 Å². The van der Waals surface area contributed by atoms with Crippen LogP contribution in [0.4, 0.5) is 0 Å². The van der Waals surface area contributed by atoms with E-state index in [1.807, 2.05) is 70.2 Å². The van der Waals surface area contributed by atoms with Crippen molar-refractivity contribution in [1.82, 2.24) is 0 Å². The fourth-order valence-corrected chi connectivity index (χ4v) is 2.67. The molecular formula is C20H24O3. The van der Waals surface area contributed by atoms with Gasteiger partial charge in [0.2, 0.25) is 0 Å². The molecule has 0 radical (unpaired) electrons. The molecule has 2 aromatic carbocycles. The van der Waals surface area contributed by atoms with E-state index in [4.69, 9.17) is 4.74 Å². The standard InChI is InChI=1S/C20H24O3/c1-19(2,3)23-18(22)14-20(4,15-8-6-5-7-9-15)16-10-12-17(21)13-11-16/h5-13,21H,14H2,1-4H3. The lowest BCUT2D eigenvalue weighted by Crippen LogP contribution is -2.32. The number of rotatable bonds is 4. The minimum Gasteiger partial charge on any atom is -0.508 e. The van der Waals surface area contributed by atoms with E-state index in [1.54, 1.807) is 12.1 Å². The van der Waals surface area contributed by atoms with Crippen molar-refractivity contribution in [2.75, 3.05) is 0 Å². The quantitative estimate of drug-likeness (QED) is 0.850. The Hall–Kier alpha value is -2.29. The van der Waals surface area contributed by atoms with Gasteiger partial charge in [0, 0.05) is 5.41 Å². The summed E-state index contributed by atoms with van der Waals surface area (Å²) in [6, 6.07) is 16.9. The predicted octanol–water partition coefficient (Wildman–Crippen LogP) is 4.43. The molecule has 0 aliphatic carbocycles. The van der Waals surface area contributed by atoms with E-state index in [1.165, 1.54) is 0 Å². The molecule has 0 aliphatic heterocycles. The molecule has 1 unspecified atom stereocenters.